The minimum Gasteiger partial charge on any atom is -0.508 e. The maximum atomic E-state index is 9.90. The molecule has 18 heavy (non-hydrogen) atoms. The lowest BCUT2D eigenvalue weighted by Gasteiger charge is -1.92. The van der Waals surface area contributed by atoms with Gasteiger partial charge < -0.3 is 20.4 Å². The summed E-state index contributed by atoms with van der Waals surface area (Å²) in [5.41, 5.74) is 0. The Balaban J connectivity index is 0.000000327. The van der Waals surface area contributed by atoms with Gasteiger partial charge in [-0.2, -0.15) is 0 Å². The van der Waals surface area contributed by atoms with Crippen LogP contribution in [0.25, 0.3) is 0 Å². The van der Waals surface area contributed by atoms with E-state index in [1.54, 1.807) is 0 Å². The second-order valence-electron chi connectivity index (χ2n) is 3.51. The van der Waals surface area contributed by atoms with Crippen molar-refractivity contribution in [2.24, 2.45) is 0 Å². The highest BCUT2D eigenvalue weighted by Crippen LogP contribution is 2.13. The lowest BCUT2D eigenvalue weighted by molar-refractivity contribution is -0.139. The third kappa shape index (κ3) is 10.3. The van der Waals surface area contributed by atoms with Gasteiger partial charge in [-0.05, 0) is 37.1 Å². The molecule has 0 aromatic heterocycles. The summed E-state index contributed by atoms with van der Waals surface area (Å²) >= 11 is 0. The van der Waals surface area contributed by atoms with Crippen LogP contribution < -0.4 is 0 Å². The zero-order valence-corrected chi connectivity index (χ0v) is 9.74. The average Bonchev–Trinajstić information content (AvgIpc) is 2.29. The van der Waals surface area contributed by atoms with Crippen LogP contribution in [0.2, 0.25) is 0 Å². The van der Waals surface area contributed by atoms with E-state index in [4.69, 9.17) is 20.4 Å². The SMILES string of the molecule is O=C(O)CCCCC(=O)O.Oc1ccc(O)cc1. The number of benzene rings is 1. The zero-order chi connectivity index (χ0) is 14.0. The summed E-state index contributed by atoms with van der Waals surface area (Å²) in [5, 5.41) is 33.6. The molecule has 0 aliphatic carbocycles. The summed E-state index contributed by atoms with van der Waals surface area (Å²) in [5.74, 6) is -1.40. The van der Waals surface area contributed by atoms with E-state index in [9.17, 15) is 9.59 Å². The molecule has 0 saturated heterocycles. The predicted molar refractivity (Wildman–Crippen MR) is 63.5 cm³/mol. The van der Waals surface area contributed by atoms with Crippen LogP contribution in [0, 0.1) is 0 Å². The summed E-state index contributed by atoms with van der Waals surface area (Å²) in [6, 6.07) is 5.70. The zero-order valence-electron chi connectivity index (χ0n) is 9.74. The minimum atomic E-state index is -0.870. The summed E-state index contributed by atoms with van der Waals surface area (Å²) in [6.45, 7) is 0. The van der Waals surface area contributed by atoms with Gasteiger partial charge in [0.25, 0.3) is 0 Å². The summed E-state index contributed by atoms with van der Waals surface area (Å²) < 4.78 is 0. The molecule has 1 aromatic carbocycles. The number of aliphatic carboxylic acids is 2. The average molecular weight is 256 g/mol. The van der Waals surface area contributed by atoms with Gasteiger partial charge in [-0.1, -0.05) is 0 Å². The van der Waals surface area contributed by atoms with Crippen LogP contribution in [0.1, 0.15) is 25.7 Å². The van der Waals surface area contributed by atoms with E-state index in [0.717, 1.165) is 0 Å². The lowest BCUT2D eigenvalue weighted by Crippen LogP contribution is -1.97. The number of unbranched alkanes of at least 4 members (excludes halogenated alkanes) is 1. The molecule has 0 aliphatic rings. The van der Waals surface area contributed by atoms with Gasteiger partial charge >= 0.3 is 11.9 Å². The Kier molecular flexibility index (Phi) is 7.76. The van der Waals surface area contributed by atoms with Crippen LogP contribution >= 0.6 is 0 Å². The molecule has 4 N–H and O–H groups in total. The fourth-order valence-electron chi connectivity index (χ4n) is 1.01. The molecule has 0 amide bonds. The standard InChI is InChI=1S/C6H10O4.C6H6O2/c7-5(8)3-1-2-4-6(9)10;7-5-1-2-6(8)4-3-5/h1-4H2,(H,7,8)(H,9,10);1-4,7-8H. The molecule has 0 atom stereocenters. The molecular weight excluding hydrogens is 240 g/mol. The van der Waals surface area contributed by atoms with E-state index < -0.39 is 11.9 Å². The maximum Gasteiger partial charge on any atom is 0.303 e. The molecule has 0 fully saturated rings. The first-order valence-corrected chi connectivity index (χ1v) is 5.33. The van der Waals surface area contributed by atoms with Gasteiger partial charge in [0.15, 0.2) is 0 Å². The van der Waals surface area contributed by atoms with Gasteiger partial charge in [-0.15, -0.1) is 0 Å². The molecule has 6 heteroatoms. The molecule has 1 aromatic rings. The first-order chi connectivity index (χ1) is 8.41. The summed E-state index contributed by atoms with van der Waals surface area (Å²) in [7, 11) is 0. The molecule has 0 saturated carbocycles. The fourth-order valence-corrected chi connectivity index (χ4v) is 1.01. The van der Waals surface area contributed by atoms with Gasteiger partial charge in [-0.3, -0.25) is 9.59 Å². The van der Waals surface area contributed by atoms with Crippen molar-refractivity contribution < 1.29 is 30.0 Å². The topological polar surface area (TPSA) is 115 Å². The molecule has 6 nitrogen and oxygen atoms in total. The van der Waals surface area contributed by atoms with Crippen molar-refractivity contribution in [1.82, 2.24) is 0 Å². The summed E-state index contributed by atoms with van der Waals surface area (Å²) in [4.78, 5) is 19.8. The lowest BCUT2D eigenvalue weighted by atomic mass is 10.2. The number of hydrogen-bond acceptors (Lipinski definition) is 4. The molecule has 0 unspecified atom stereocenters. The number of phenolic OH excluding ortho intramolecular Hbond substituents is 2. The number of carboxylic acids is 2. The number of carboxylic acid groups (broad SMARTS) is 2. The van der Waals surface area contributed by atoms with Crippen molar-refractivity contribution in [2.75, 3.05) is 0 Å². The molecule has 0 bridgehead atoms. The van der Waals surface area contributed by atoms with E-state index in [2.05, 4.69) is 0 Å². The number of aromatic hydroxyl groups is 2. The van der Waals surface area contributed by atoms with Gasteiger partial charge in [-0.25, -0.2) is 0 Å². The van der Waals surface area contributed by atoms with E-state index in [0.29, 0.717) is 12.8 Å². The molecule has 0 radical (unpaired) electrons. The fraction of sp³-hybridized carbons (Fsp3) is 0.333. The monoisotopic (exact) mass is 256 g/mol. The van der Waals surface area contributed by atoms with Gasteiger partial charge in [0, 0.05) is 12.8 Å². The minimum absolute atomic E-state index is 0.0628. The van der Waals surface area contributed by atoms with Crippen LogP contribution in [-0.4, -0.2) is 32.4 Å². The Hall–Kier alpha value is -2.24. The molecule has 0 aliphatic heterocycles. The third-order valence-electron chi connectivity index (χ3n) is 1.88. The van der Waals surface area contributed by atoms with Crippen molar-refractivity contribution in [1.29, 1.82) is 0 Å². The van der Waals surface area contributed by atoms with Gasteiger partial charge in [0.1, 0.15) is 11.5 Å². The first kappa shape index (κ1) is 15.8. The quantitative estimate of drug-likeness (QED) is 0.471. The van der Waals surface area contributed by atoms with Crippen LogP contribution in [-0.2, 0) is 9.59 Å². The van der Waals surface area contributed by atoms with Crippen LogP contribution in [0.5, 0.6) is 11.5 Å². The van der Waals surface area contributed by atoms with Crippen molar-refractivity contribution in [2.45, 2.75) is 25.7 Å². The van der Waals surface area contributed by atoms with E-state index in [-0.39, 0.29) is 24.3 Å². The van der Waals surface area contributed by atoms with Crippen molar-refractivity contribution in [3.05, 3.63) is 24.3 Å². The van der Waals surface area contributed by atoms with Gasteiger partial charge in [0.2, 0.25) is 0 Å². The Morgan fingerprint density at radius 3 is 1.28 bits per heavy atom. The van der Waals surface area contributed by atoms with Crippen LogP contribution in [0.15, 0.2) is 24.3 Å². The van der Waals surface area contributed by atoms with Crippen molar-refractivity contribution in [3.63, 3.8) is 0 Å². The van der Waals surface area contributed by atoms with Gasteiger partial charge in [0.05, 0.1) is 0 Å². The smallest absolute Gasteiger partial charge is 0.303 e. The second-order valence-corrected chi connectivity index (χ2v) is 3.51. The number of hydrogen-bond donors (Lipinski definition) is 4. The Labute approximate surface area is 104 Å². The molecule has 0 heterocycles. The third-order valence-corrected chi connectivity index (χ3v) is 1.88. The Morgan fingerprint density at radius 1 is 0.778 bits per heavy atom. The highest BCUT2D eigenvalue weighted by atomic mass is 16.4. The Bertz CT molecular complexity index is 334. The van der Waals surface area contributed by atoms with E-state index in [1.807, 2.05) is 0 Å². The highest BCUT2D eigenvalue weighted by Gasteiger charge is 1.99. The largest absolute Gasteiger partial charge is 0.508 e. The second kappa shape index (κ2) is 8.86. The van der Waals surface area contributed by atoms with Crippen molar-refractivity contribution in [3.8, 4) is 11.5 Å². The Morgan fingerprint density at radius 2 is 1.06 bits per heavy atom. The van der Waals surface area contributed by atoms with Crippen LogP contribution in [0.3, 0.4) is 0 Å². The molecule has 100 valence electrons. The first-order valence-electron chi connectivity index (χ1n) is 5.33. The maximum absolute atomic E-state index is 9.90. The number of rotatable bonds is 5. The summed E-state index contributed by atoms with van der Waals surface area (Å²) in [6.07, 6.45) is 1.02. The number of phenols is 2. The molecule has 1 rings (SSSR count). The highest BCUT2D eigenvalue weighted by molar-refractivity contribution is 5.67. The van der Waals surface area contributed by atoms with Crippen LogP contribution in [0.4, 0.5) is 0 Å². The predicted octanol–water partition coefficient (Wildman–Crippen LogP) is 1.81. The van der Waals surface area contributed by atoms with E-state index in [1.165, 1.54) is 24.3 Å². The molecular formula is C12H16O6. The molecule has 0 spiro atoms. The normalized spacial score (nSPS) is 9.11. The van der Waals surface area contributed by atoms with Crippen molar-refractivity contribution >= 4 is 11.9 Å². The number of carbonyl (C=O) groups is 2. The van der Waals surface area contributed by atoms with E-state index >= 15 is 0 Å².